The molecule has 3 nitrogen and oxygen atoms in total. The zero-order valence-corrected chi connectivity index (χ0v) is 12.9. The number of nitrogens with one attached hydrogen (secondary N) is 1. The summed E-state index contributed by atoms with van der Waals surface area (Å²) in [5.74, 6) is 0.831. The van der Waals surface area contributed by atoms with Crippen LogP contribution in [0.3, 0.4) is 0 Å². The molecule has 2 aromatic rings. The molecule has 0 aliphatic heterocycles. The Balaban J connectivity index is 1.98. The molecular weight excluding hydrogens is 268 g/mol. The second kappa shape index (κ2) is 7.20. The Kier molecular flexibility index (Phi) is 5.30. The molecule has 0 amide bonds. The predicted octanol–water partition coefficient (Wildman–Crippen LogP) is 4.16. The Hall–Kier alpha value is -1.68. The molecule has 0 saturated carbocycles. The van der Waals surface area contributed by atoms with Gasteiger partial charge in [-0.15, -0.1) is 11.3 Å². The van der Waals surface area contributed by atoms with Crippen LogP contribution in [0, 0.1) is 0 Å². The van der Waals surface area contributed by atoms with E-state index in [4.69, 9.17) is 10.5 Å². The average molecular weight is 290 g/mol. The first-order valence-electron chi connectivity index (χ1n) is 6.99. The van der Waals surface area contributed by atoms with E-state index in [-0.39, 0.29) is 0 Å². The number of nitrogens with two attached hydrogens (primary N) is 1. The van der Waals surface area contributed by atoms with Crippen molar-refractivity contribution in [2.24, 2.45) is 0 Å². The van der Waals surface area contributed by atoms with Crippen LogP contribution in [0.15, 0.2) is 35.7 Å². The van der Waals surface area contributed by atoms with Gasteiger partial charge in [0.05, 0.1) is 6.61 Å². The second-order valence-corrected chi connectivity index (χ2v) is 6.00. The fourth-order valence-corrected chi connectivity index (χ4v) is 2.91. The summed E-state index contributed by atoms with van der Waals surface area (Å²) in [6.45, 7) is 4.98. The largest absolute Gasteiger partial charge is 0.493 e. The fraction of sp³-hybridized carbons (Fsp3) is 0.375. The minimum Gasteiger partial charge on any atom is -0.493 e. The summed E-state index contributed by atoms with van der Waals surface area (Å²) in [5, 5.41) is 5.59. The molecule has 1 unspecified atom stereocenters. The maximum atomic E-state index is 5.92. The third kappa shape index (κ3) is 4.46. The van der Waals surface area contributed by atoms with Crippen molar-refractivity contribution in [2.45, 2.75) is 32.7 Å². The smallest absolute Gasteiger partial charge is 0.123 e. The second-order valence-electron chi connectivity index (χ2n) is 4.97. The van der Waals surface area contributed by atoms with Gasteiger partial charge in [-0.1, -0.05) is 13.0 Å². The van der Waals surface area contributed by atoms with Crippen molar-refractivity contribution in [3.63, 3.8) is 0 Å². The van der Waals surface area contributed by atoms with Crippen LogP contribution in [0.1, 0.15) is 25.1 Å². The van der Waals surface area contributed by atoms with E-state index in [9.17, 15) is 0 Å². The first-order valence-corrected chi connectivity index (χ1v) is 7.87. The van der Waals surface area contributed by atoms with Crippen molar-refractivity contribution >= 4 is 22.7 Å². The van der Waals surface area contributed by atoms with Gasteiger partial charge in [-0.25, -0.2) is 0 Å². The average Bonchev–Trinajstić information content (AvgIpc) is 2.88. The van der Waals surface area contributed by atoms with Crippen LogP contribution < -0.4 is 15.8 Å². The van der Waals surface area contributed by atoms with Crippen molar-refractivity contribution in [1.29, 1.82) is 0 Å². The Morgan fingerprint density at radius 3 is 2.90 bits per heavy atom. The van der Waals surface area contributed by atoms with E-state index >= 15 is 0 Å². The van der Waals surface area contributed by atoms with Gasteiger partial charge >= 0.3 is 0 Å². The summed E-state index contributed by atoms with van der Waals surface area (Å²) >= 11 is 1.79. The van der Waals surface area contributed by atoms with Gasteiger partial charge in [0.25, 0.3) is 0 Å². The highest BCUT2D eigenvalue weighted by Crippen LogP contribution is 2.24. The van der Waals surface area contributed by atoms with Gasteiger partial charge in [-0.2, -0.15) is 0 Å². The molecule has 1 aromatic carbocycles. The first kappa shape index (κ1) is 14.7. The minimum atomic E-state index is 0.356. The molecule has 1 aromatic heterocycles. The lowest BCUT2D eigenvalue weighted by Crippen LogP contribution is -2.17. The lowest BCUT2D eigenvalue weighted by molar-refractivity contribution is 0.318. The summed E-state index contributed by atoms with van der Waals surface area (Å²) < 4.78 is 5.65. The predicted molar refractivity (Wildman–Crippen MR) is 87.7 cm³/mol. The van der Waals surface area contributed by atoms with Crippen LogP contribution in [-0.2, 0) is 6.42 Å². The summed E-state index contributed by atoms with van der Waals surface area (Å²) in [6, 6.07) is 10.4. The Morgan fingerprint density at radius 1 is 1.35 bits per heavy atom. The lowest BCUT2D eigenvalue weighted by atomic mass is 10.2. The van der Waals surface area contributed by atoms with Gasteiger partial charge in [0.1, 0.15) is 5.75 Å². The molecule has 0 saturated heterocycles. The number of hydrogen-bond acceptors (Lipinski definition) is 4. The Labute approximate surface area is 124 Å². The fourth-order valence-electron chi connectivity index (χ4n) is 2.07. The minimum absolute atomic E-state index is 0.356. The van der Waals surface area contributed by atoms with Crippen molar-refractivity contribution in [3.05, 3.63) is 40.6 Å². The monoisotopic (exact) mass is 290 g/mol. The molecule has 108 valence electrons. The molecule has 0 bridgehead atoms. The topological polar surface area (TPSA) is 47.3 Å². The molecule has 0 spiro atoms. The number of benzene rings is 1. The van der Waals surface area contributed by atoms with E-state index in [0.717, 1.165) is 30.0 Å². The number of rotatable bonds is 7. The molecule has 2 rings (SSSR count). The normalized spacial score (nSPS) is 12.1. The molecule has 0 aliphatic carbocycles. The van der Waals surface area contributed by atoms with Gasteiger partial charge in [0.2, 0.25) is 0 Å². The van der Waals surface area contributed by atoms with Gasteiger partial charge in [-0.3, -0.25) is 0 Å². The summed E-state index contributed by atoms with van der Waals surface area (Å²) in [4.78, 5) is 1.39. The van der Waals surface area contributed by atoms with E-state index in [2.05, 4.69) is 36.7 Å². The SMILES string of the molecule is CCCOc1cc(N)cc(NC(C)Cc2cccs2)c1. The highest BCUT2D eigenvalue weighted by molar-refractivity contribution is 7.09. The first-order chi connectivity index (χ1) is 9.67. The molecule has 0 aliphatic rings. The molecular formula is C16H22N2OS. The van der Waals surface area contributed by atoms with E-state index < -0.39 is 0 Å². The van der Waals surface area contributed by atoms with Gasteiger partial charge in [-0.05, 0) is 30.9 Å². The molecule has 3 N–H and O–H groups in total. The zero-order chi connectivity index (χ0) is 14.4. The molecule has 1 heterocycles. The van der Waals surface area contributed by atoms with E-state index in [1.165, 1.54) is 4.88 Å². The molecule has 20 heavy (non-hydrogen) atoms. The standard InChI is InChI=1S/C16H22N2OS/c1-3-6-19-15-10-13(17)9-14(11-15)18-12(2)8-16-5-4-7-20-16/h4-5,7,9-12,18H,3,6,8,17H2,1-2H3. The Bertz CT molecular complexity index is 525. The van der Waals surface area contributed by atoms with Gasteiger partial charge in [0, 0.05) is 40.8 Å². The van der Waals surface area contributed by atoms with Crippen LogP contribution in [-0.4, -0.2) is 12.6 Å². The van der Waals surface area contributed by atoms with E-state index in [1.54, 1.807) is 11.3 Å². The Morgan fingerprint density at radius 2 is 2.20 bits per heavy atom. The highest BCUT2D eigenvalue weighted by atomic mass is 32.1. The summed E-state index contributed by atoms with van der Waals surface area (Å²) in [7, 11) is 0. The van der Waals surface area contributed by atoms with Crippen LogP contribution in [0.4, 0.5) is 11.4 Å². The third-order valence-electron chi connectivity index (χ3n) is 2.90. The van der Waals surface area contributed by atoms with E-state index in [0.29, 0.717) is 12.6 Å². The number of ether oxygens (including phenoxy) is 1. The lowest BCUT2D eigenvalue weighted by Gasteiger charge is -2.16. The van der Waals surface area contributed by atoms with Crippen LogP contribution >= 0.6 is 11.3 Å². The van der Waals surface area contributed by atoms with Crippen molar-refractivity contribution in [2.75, 3.05) is 17.7 Å². The molecule has 1 atom stereocenters. The van der Waals surface area contributed by atoms with Crippen molar-refractivity contribution in [3.8, 4) is 5.75 Å². The zero-order valence-electron chi connectivity index (χ0n) is 12.1. The maximum Gasteiger partial charge on any atom is 0.123 e. The number of anilines is 2. The number of thiophene rings is 1. The highest BCUT2D eigenvalue weighted by Gasteiger charge is 2.06. The summed E-state index contributed by atoms with van der Waals surface area (Å²) in [5.41, 5.74) is 7.67. The molecule has 0 radical (unpaired) electrons. The van der Waals surface area contributed by atoms with Crippen molar-refractivity contribution in [1.82, 2.24) is 0 Å². The summed E-state index contributed by atoms with van der Waals surface area (Å²) in [6.07, 6.45) is 2.00. The quantitative estimate of drug-likeness (QED) is 0.753. The van der Waals surface area contributed by atoms with E-state index in [1.807, 2.05) is 18.2 Å². The molecule has 0 fully saturated rings. The van der Waals surface area contributed by atoms with Crippen LogP contribution in [0.2, 0.25) is 0 Å². The van der Waals surface area contributed by atoms with Crippen molar-refractivity contribution < 1.29 is 4.74 Å². The van der Waals surface area contributed by atoms with Gasteiger partial charge in [0.15, 0.2) is 0 Å². The number of hydrogen-bond donors (Lipinski definition) is 2. The maximum absolute atomic E-state index is 5.92. The van der Waals surface area contributed by atoms with Crippen LogP contribution in [0.5, 0.6) is 5.75 Å². The molecule has 4 heteroatoms. The van der Waals surface area contributed by atoms with Crippen LogP contribution in [0.25, 0.3) is 0 Å². The third-order valence-corrected chi connectivity index (χ3v) is 3.80. The number of nitrogen functional groups attached to an aromatic ring is 1. The van der Waals surface area contributed by atoms with Gasteiger partial charge < -0.3 is 15.8 Å².